The first-order valence-electron chi connectivity index (χ1n) is 8.45. The minimum absolute atomic E-state index is 0.780. The maximum atomic E-state index is 3.53. The predicted molar refractivity (Wildman–Crippen MR) is 80.4 cm³/mol. The molecule has 3 heteroatoms. The van der Waals surface area contributed by atoms with E-state index < -0.39 is 0 Å². The molecule has 3 unspecified atom stereocenters. The van der Waals surface area contributed by atoms with E-state index in [2.05, 4.69) is 29.1 Å². The van der Waals surface area contributed by atoms with Gasteiger partial charge in [-0.15, -0.1) is 0 Å². The molecule has 0 aromatic heterocycles. The second-order valence-corrected chi connectivity index (χ2v) is 6.94. The van der Waals surface area contributed by atoms with E-state index in [1.807, 2.05) is 0 Å². The summed E-state index contributed by atoms with van der Waals surface area (Å²) in [6.45, 7) is 7.61. The van der Waals surface area contributed by atoms with Gasteiger partial charge in [0.2, 0.25) is 0 Å². The number of fused-ring (bicyclic) bond motifs is 2. The number of hydrogen-bond acceptors (Lipinski definition) is 3. The molecule has 3 nitrogen and oxygen atoms in total. The van der Waals surface area contributed by atoms with Crippen LogP contribution in [0, 0.1) is 5.92 Å². The lowest BCUT2D eigenvalue weighted by atomic mass is 9.81. The summed E-state index contributed by atoms with van der Waals surface area (Å²) in [5.74, 6) is 0.939. The molecule has 0 aromatic carbocycles. The SMILES string of the molecule is CCN1CCC(CN2C3CCCC2CC(NC)C3)C1. The Labute approximate surface area is 118 Å². The zero-order chi connectivity index (χ0) is 13.2. The van der Waals surface area contributed by atoms with Crippen LogP contribution in [0.1, 0.15) is 45.4 Å². The molecule has 3 rings (SSSR count). The van der Waals surface area contributed by atoms with Gasteiger partial charge in [0.15, 0.2) is 0 Å². The average Bonchev–Trinajstić information content (AvgIpc) is 2.86. The minimum atomic E-state index is 0.780. The highest BCUT2D eigenvalue weighted by Crippen LogP contribution is 2.35. The third kappa shape index (κ3) is 2.98. The highest BCUT2D eigenvalue weighted by molar-refractivity contribution is 4.96. The normalized spacial score (nSPS) is 40.7. The standard InChI is InChI=1S/C16H31N3/c1-3-18-8-7-13(11-18)12-19-15-5-4-6-16(19)10-14(9-15)17-2/h13-17H,3-12H2,1-2H3. The molecule has 3 fully saturated rings. The van der Waals surface area contributed by atoms with Crippen molar-refractivity contribution in [3.63, 3.8) is 0 Å². The summed E-state index contributed by atoms with van der Waals surface area (Å²) in [6.07, 6.45) is 8.56. The molecule has 0 spiro atoms. The quantitative estimate of drug-likeness (QED) is 0.838. The summed E-state index contributed by atoms with van der Waals surface area (Å²) in [6, 6.07) is 2.53. The van der Waals surface area contributed by atoms with Crippen molar-refractivity contribution in [2.45, 2.75) is 63.6 Å². The van der Waals surface area contributed by atoms with Crippen LogP contribution < -0.4 is 5.32 Å². The number of nitrogens with zero attached hydrogens (tertiary/aromatic N) is 2. The van der Waals surface area contributed by atoms with Gasteiger partial charge in [0.25, 0.3) is 0 Å². The van der Waals surface area contributed by atoms with Gasteiger partial charge in [-0.25, -0.2) is 0 Å². The summed E-state index contributed by atoms with van der Waals surface area (Å²) in [5, 5.41) is 3.53. The fourth-order valence-electron chi connectivity index (χ4n) is 4.66. The van der Waals surface area contributed by atoms with Crippen molar-refractivity contribution >= 4 is 0 Å². The first kappa shape index (κ1) is 13.8. The van der Waals surface area contributed by atoms with E-state index in [-0.39, 0.29) is 0 Å². The van der Waals surface area contributed by atoms with Crippen molar-refractivity contribution in [3.8, 4) is 0 Å². The van der Waals surface area contributed by atoms with Crippen molar-refractivity contribution in [3.05, 3.63) is 0 Å². The summed E-state index contributed by atoms with van der Waals surface area (Å²) < 4.78 is 0. The van der Waals surface area contributed by atoms with E-state index in [0.29, 0.717) is 0 Å². The maximum Gasteiger partial charge on any atom is 0.0113 e. The lowest BCUT2D eigenvalue weighted by molar-refractivity contribution is 0.0144. The van der Waals surface area contributed by atoms with Crippen LogP contribution in [-0.4, -0.2) is 61.2 Å². The summed E-state index contributed by atoms with van der Waals surface area (Å²) in [4.78, 5) is 5.53. The van der Waals surface area contributed by atoms with Gasteiger partial charge >= 0.3 is 0 Å². The highest BCUT2D eigenvalue weighted by atomic mass is 15.2. The van der Waals surface area contributed by atoms with Gasteiger partial charge in [0.1, 0.15) is 0 Å². The lowest BCUT2D eigenvalue weighted by Gasteiger charge is -2.49. The lowest BCUT2D eigenvalue weighted by Crippen LogP contribution is -2.57. The largest absolute Gasteiger partial charge is 0.317 e. The van der Waals surface area contributed by atoms with Crippen molar-refractivity contribution in [2.24, 2.45) is 5.92 Å². The second kappa shape index (κ2) is 6.11. The fraction of sp³-hybridized carbons (Fsp3) is 1.00. The number of rotatable bonds is 4. The molecule has 0 radical (unpaired) electrons. The van der Waals surface area contributed by atoms with E-state index in [4.69, 9.17) is 0 Å². The highest BCUT2D eigenvalue weighted by Gasteiger charge is 2.39. The van der Waals surface area contributed by atoms with Crippen LogP contribution in [0.4, 0.5) is 0 Å². The average molecular weight is 265 g/mol. The van der Waals surface area contributed by atoms with E-state index in [0.717, 1.165) is 24.0 Å². The Bertz CT molecular complexity index is 280. The third-order valence-corrected chi connectivity index (χ3v) is 5.82. The molecular formula is C16H31N3. The molecule has 0 amide bonds. The van der Waals surface area contributed by atoms with Gasteiger partial charge in [-0.2, -0.15) is 0 Å². The Morgan fingerprint density at radius 1 is 1.11 bits per heavy atom. The molecule has 3 saturated heterocycles. The van der Waals surface area contributed by atoms with E-state index >= 15 is 0 Å². The van der Waals surface area contributed by atoms with Crippen LogP contribution in [0.15, 0.2) is 0 Å². The van der Waals surface area contributed by atoms with Gasteiger partial charge in [0, 0.05) is 31.2 Å². The van der Waals surface area contributed by atoms with Crippen molar-refractivity contribution in [1.29, 1.82) is 0 Å². The van der Waals surface area contributed by atoms with E-state index in [1.54, 1.807) is 0 Å². The number of piperidine rings is 2. The van der Waals surface area contributed by atoms with Gasteiger partial charge in [-0.3, -0.25) is 4.90 Å². The molecule has 3 atom stereocenters. The Kier molecular flexibility index (Phi) is 4.45. The number of hydrogen-bond donors (Lipinski definition) is 1. The van der Waals surface area contributed by atoms with E-state index in [1.165, 1.54) is 64.7 Å². The first-order valence-corrected chi connectivity index (χ1v) is 8.45. The van der Waals surface area contributed by atoms with Crippen LogP contribution in [0.2, 0.25) is 0 Å². The summed E-state index contributed by atoms with van der Waals surface area (Å²) >= 11 is 0. The van der Waals surface area contributed by atoms with Crippen LogP contribution in [0.25, 0.3) is 0 Å². The molecule has 3 heterocycles. The number of likely N-dealkylation sites (tertiary alicyclic amines) is 1. The Balaban J connectivity index is 1.58. The van der Waals surface area contributed by atoms with Gasteiger partial charge in [-0.1, -0.05) is 13.3 Å². The van der Waals surface area contributed by atoms with Crippen molar-refractivity contribution in [2.75, 3.05) is 33.2 Å². The van der Waals surface area contributed by atoms with Crippen LogP contribution >= 0.6 is 0 Å². The third-order valence-electron chi connectivity index (χ3n) is 5.82. The molecule has 0 aromatic rings. The number of nitrogens with one attached hydrogen (secondary N) is 1. The molecule has 2 bridgehead atoms. The van der Waals surface area contributed by atoms with Gasteiger partial charge in [-0.05, 0) is 58.2 Å². The maximum absolute atomic E-state index is 3.53. The zero-order valence-corrected chi connectivity index (χ0v) is 12.8. The van der Waals surface area contributed by atoms with Crippen molar-refractivity contribution in [1.82, 2.24) is 15.1 Å². The van der Waals surface area contributed by atoms with Gasteiger partial charge < -0.3 is 10.2 Å². The fourth-order valence-corrected chi connectivity index (χ4v) is 4.66. The monoisotopic (exact) mass is 265 g/mol. The van der Waals surface area contributed by atoms with Gasteiger partial charge in [0.05, 0.1) is 0 Å². The Morgan fingerprint density at radius 3 is 2.42 bits per heavy atom. The smallest absolute Gasteiger partial charge is 0.0113 e. The van der Waals surface area contributed by atoms with Crippen LogP contribution in [0.3, 0.4) is 0 Å². The predicted octanol–water partition coefficient (Wildman–Crippen LogP) is 1.93. The molecule has 0 aliphatic carbocycles. The van der Waals surface area contributed by atoms with Crippen LogP contribution in [0.5, 0.6) is 0 Å². The molecule has 19 heavy (non-hydrogen) atoms. The molecule has 1 N–H and O–H groups in total. The molecule has 0 saturated carbocycles. The Hall–Kier alpha value is -0.120. The van der Waals surface area contributed by atoms with Crippen molar-refractivity contribution < 1.29 is 0 Å². The molecule has 3 aliphatic heterocycles. The zero-order valence-electron chi connectivity index (χ0n) is 12.8. The molecule has 3 aliphatic rings. The minimum Gasteiger partial charge on any atom is -0.317 e. The van der Waals surface area contributed by atoms with E-state index in [9.17, 15) is 0 Å². The topological polar surface area (TPSA) is 18.5 Å². The summed E-state index contributed by atoms with van der Waals surface area (Å²) in [5.41, 5.74) is 0. The molecule has 110 valence electrons. The molecular weight excluding hydrogens is 234 g/mol. The van der Waals surface area contributed by atoms with Crippen LogP contribution in [-0.2, 0) is 0 Å². The first-order chi connectivity index (χ1) is 9.30. The Morgan fingerprint density at radius 2 is 1.84 bits per heavy atom. The summed E-state index contributed by atoms with van der Waals surface area (Å²) in [7, 11) is 2.14. The second-order valence-electron chi connectivity index (χ2n) is 6.94.